The maximum absolute atomic E-state index is 7.49. The molecule has 2 rings (SSSR count). The van der Waals surface area contributed by atoms with Crippen LogP contribution in [-0.4, -0.2) is 37.6 Å². The first kappa shape index (κ1) is 10.1. The Kier molecular flexibility index (Phi) is 2.31. The van der Waals surface area contributed by atoms with Crippen molar-refractivity contribution in [2.24, 2.45) is 5.41 Å². The van der Waals surface area contributed by atoms with E-state index in [2.05, 4.69) is 20.8 Å². The first-order valence-corrected chi connectivity index (χ1v) is 5.82. The van der Waals surface area contributed by atoms with E-state index in [1.807, 2.05) is 0 Å². The van der Waals surface area contributed by atoms with Gasteiger partial charge in [0.05, 0.1) is 12.2 Å². The molecule has 4 atom stereocenters. The van der Waals surface area contributed by atoms with E-state index in [9.17, 15) is 0 Å². The molecule has 0 aromatic carbocycles. The average molecular weight is 216 g/mol. The van der Waals surface area contributed by atoms with E-state index in [1.54, 1.807) is 7.11 Å². The molecular weight excluding hydrogens is 192 g/mol. The predicted octanol–water partition coefficient (Wildman–Crippen LogP) is 1.73. The molecule has 3 nitrogen and oxygen atoms in total. The highest BCUT2D eigenvalue weighted by atomic mass is 16.6. The number of methoxy groups -OCH3 is 1. The molecule has 0 bridgehead atoms. The smallest absolute Gasteiger partial charge is 0.211 e. The number of ether oxygens (including phenoxy) is 2. The van der Waals surface area contributed by atoms with Gasteiger partial charge in [-0.2, -0.15) is 0 Å². The molecule has 1 unspecified atom stereocenters. The van der Waals surface area contributed by atoms with Gasteiger partial charge in [0, 0.05) is 12.5 Å². The minimum Gasteiger partial charge on any atom is -0.386 e. The van der Waals surface area contributed by atoms with E-state index >= 15 is 0 Å². The minimum absolute atomic E-state index is 0.0586. The van der Waals surface area contributed by atoms with Crippen molar-refractivity contribution in [2.75, 3.05) is 7.11 Å². The summed E-state index contributed by atoms with van der Waals surface area (Å²) in [5, 5.41) is 5.17. The maximum Gasteiger partial charge on any atom is 0.211 e. The van der Waals surface area contributed by atoms with E-state index < -0.39 is 5.60 Å². The van der Waals surface area contributed by atoms with Crippen LogP contribution in [0.15, 0.2) is 0 Å². The maximum atomic E-state index is 7.49. The summed E-state index contributed by atoms with van der Waals surface area (Å²) in [6.45, 7) is 6.32. The van der Waals surface area contributed by atoms with Crippen LogP contribution in [0.4, 0.5) is 0 Å². The highest BCUT2D eigenvalue weighted by Gasteiger charge is 2.62. The summed E-state index contributed by atoms with van der Waals surface area (Å²) in [5.74, 6) is 0. The molecule has 0 amide bonds. The van der Waals surface area contributed by atoms with Gasteiger partial charge in [-0.3, -0.25) is 0 Å². The van der Waals surface area contributed by atoms with Crippen molar-refractivity contribution in [3.8, 4) is 0 Å². The van der Waals surface area contributed by atoms with Crippen LogP contribution in [0, 0.1) is 5.41 Å². The zero-order valence-corrected chi connectivity index (χ0v) is 10.1. The molecular formula is C12H22O3. The van der Waals surface area contributed by atoms with Gasteiger partial charge in [0.2, 0.25) is 1.43 Å². The number of rotatable bonds is 2. The first-order valence-electron chi connectivity index (χ1n) is 6.23. The largest absolute Gasteiger partial charge is 0.386 e. The van der Waals surface area contributed by atoms with Crippen molar-refractivity contribution in [3.05, 3.63) is 0 Å². The van der Waals surface area contributed by atoms with Gasteiger partial charge in [0.15, 0.2) is 0 Å². The van der Waals surface area contributed by atoms with E-state index in [-0.39, 0.29) is 23.7 Å². The van der Waals surface area contributed by atoms with Gasteiger partial charge >= 0.3 is 0 Å². The third kappa shape index (κ3) is 1.37. The van der Waals surface area contributed by atoms with Crippen LogP contribution in [0.5, 0.6) is 0 Å². The number of hydrogen-bond donors (Lipinski definition) is 1. The highest BCUT2D eigenvalue weighted by Crippen LogP contribution is 2.52. The minimum atomic E-state index is -0.509. The van der Waals surface area contributed by atoms with Gasteiger partial charge in [-0.05, 0) is 26.2 Å². The fourth-order valence-corrected chi connectivity index (χ4v) is 3.02. The van der Waals surface area contributed by atoms with Gasteiger partial charge in [-0.25, -0.2) is 0 Å². The summed E-state index contributed by atoms with van der Waals surface area (Å²) in [6.07, 6.45) is 2.97. The summed E-state index contributed by atoms with van der Waals surface area (Å²) in [7, 11) is 1.71. The molecule has 0 aromatic heterocycles. The second-order valence-electron chi connectivity index (χ2n) is 5.48. The first-order chi connectivity index (χ1) is 7.49. The van der Waals surface area contributed by atoms with Crippen molar-refractivity contribution < 1.29 is 14.6 Å². The van der Waals surface area contributed by atoms with Crippen LogP contribution >= 0.6 is 0 Å². The second-order valence-corrected chi connectivity index (χ2v) is 5.48. The molecule has 0 aromatic rings. The summed E-state index contributed by atoms with van der Waals surface area (Å²) in [6, 6.07) is 0. The van der Waals surface area contributed by atoms with Gasteiger partial charge in [-0.1, -0.05) is 13.8 Å². The quantitative estimate of drug-likeness (QED) is 0.764. The van der Waals surface area contributed by atoms with Crippen LogP contribution in [0.3, 0.4) is 0 Å². The standard InChI is InChI=1S/C12H22O3/c1-8-11(2,3)12(13)7-5-6-9(14-4)10(12)15-8/h8-10,13H,5-7H2,1-4H3/t8?,9-,10-,12+/m1/s1/i13T. The molecule has 1 heterocycles. The Morgan fingerprint density at radius 3 is 2.87 bits per heavy atom. The molecule has 88 valence electrons. The summed E-state index contributed by atoms with van der Waals surface area (Å²) in [5.41, 5.74) is -0.651. The topological polar surface area (TPSA) is 38.7 Å². The molecule has 2 fully saturated rings. The Balaban J connectivity index is 2.37. The lowest BCUT2D eigenvalue weighted by Gasteiger charge is -2.44. The summed E-state index contributed by atoms with van der Waals surface area (Å²) < 4.78 is 19.0. The van der Waals surface area contributed by atoms with Crippen molar-refractivity contribution in [1.29, 1.82) is 1.43 Å². The van der Waals surface area contributed by atoms with E-state index in [1.165, 1.54) is 0 Å². The van der Waals surface area contributed by atoms with Gasteiger partial charge in [0.1, 0.15) is 11.7 Å². The van der Waals surface area contributed by atoms with Crippen molar-refractivity contribution >= 4 is 0 Å². The Labute approximate surface area is 93.3 Å². The molecule has 15 heavy (non-hydrogen) atoms. The molecule has 1 aliphatic carbocycles. The molecule has 0 radical (unpaired) electrons. The predicted molar refractivity (Wildman–Crippen MR) is 57.7 cm³/mol. The van der Waals surface area contributed by atoms with E-state index in [0.717, 1.165) is 19.3 Å². The van der Waals surface area contributed by atoms with Gasteiger partial charge < -0.3 is 14.6 Å². The molecule has 2 aliphatic rings. The average Bonchev–Trinajstić information content (AvgIpc) is 2.48. The molecule has 3 heteroatoms. The lowest BCUT2D eigenvalue weighted by Crippen LogP contribution is -2.56. The Bertz CT molecular complexity index is 269. The lowest BCUT2D eigenvalue weighted by molar-refractivity contribution is -0.153. The highest BCUT2D eigenvalue weighted by molar-refractivity contribution is 5.11. The van der Waals surface area contributed by atoms with Crippen LogP contribution in [0.25, 0.3) is 0 Å². The number of fused-ring (bicyclic) bond motifs is 1. The van der Waals surface area contributed by atoms with Crippen LogP contribution in [0.1, 0.15) is 40.0 Å². The van der Waals surface area contributed by atoms with Crippen LogP contribution < -0.4 is 0 Å². The lowest BCUT2D eigenvalue weighted by atomic mass is 9.65. The van der Waals surface area contributed by atoms with E-state index in [4.69, 9.17) is 16.0 Å². The van der Waals surface area contributed by atoms with Crippen LogP contribution in [-0.2, 0) is 9.47 Å². The molecule has 1 aliphatic heterocycles. The number of aliphatic hydroxyl groups is 1. The number of hydrogen-bond acceptors (Lipinski definition) is 3. The summed E-state index contributed by atoms with van der Waals surface area (Å²) >= 11 is 0. The zero-order chi connectivity index (χ0) is 12.0. The summed E-state index contributed by atoms with van der Waals surface area (Å²) in [4.78, 5) is 0. The fourth-order valence-electron chi connectivity index (χ4n) is 3.02. The van der Waals surface area contributed by atoms with Crippen LogP contribution in [0.2, 0.25) is 0 Å². The van der Waals surface area contributed by atoms with Gasteiger partial charge in [0.25, 0.3) is 0 Å². The van der Waals surface area contributed by atoms with E-state index in [0.29, 0.717) is 0 Å². The SMILES string of the molecule is [3H]O[C@@]12CCC[C@@H](OC)[C@H]1OC(C)C2(C)C. The van der Waals surface area contributed by atoms with Crippen molar-refractivity contribution in [2.45, 2.75) is 63.9 Å². The normalized spacial score (nSPS) is 49.9. The van der Waals surface area contributed by atoms with Gasteiger partial charge in [-0.15, -0.1) is 0 Å². The monoisotopic (exact) mass is 216 g/mol. The Hall–Kier alpha value is -0.120. The van der Waals surface area contributed by atoms with Crippen molar-refractivity contribution in [1.82, 2.24) is 0 Å². The van der Waals surface area contributed by atoms with Crippen molar-refractivity contribution in [3.63, 3.8) is 0 Å². The zero-order valence-electron chi connectivity index (χ0n) is 11.1. The third-order valence-electron chi connectivity index (χ3n) is 4.59. The Morgan fingerprint density at radius 2 is 2.27 bits per heavy atom. The fraction of sp³-hybridized carbons (Fsp3) is 1.00. The molecule has 1 saturated carbocycles. The Morgan fingerprint density at radius 1 is 1.53 bits per heavy atom. The molecule has 1 saturated heterocycles. The molecule has 1 N–H and O–H groups in total. The second kappa shape index (κ2) is 3.44. The molecule has 0 spiro atoms. The third-order valence-corrected chi connectivity index (χ3v) is 4.59.